The van der Waals surface area contributed by atoms with Gasteiger partial charge in [0.05, 0.1) is 6.10 Å². The third-order valence-corrected chi connectivity index (χ3v) is 4.63. The van der Waals surface area contributed by atoms with Crippen LogP contribution in [0.15, 0.2) is 21.7 Å². The first kappa shape index (κ1) is 13.1. The van der Waals surface area contributed by atoms with Gasteiger partial charge in [-0.2, -0.15) is 4.72 Å². The maximum Gasteiger partial charge on any atom is 0.324 e. The molecule has 0 saturated carbocycles. The zero-order chi connectivity index (χ0) is 12.3. The molecule has 0 bridgehead atoms. The number of carbonyl (C=O) groups is 1. The van der Waals surface area contributed by atoms with E-state index < -0.39 is 28.1 Å². The third-order valence-electron chi connectivity index (χ3n) is 1.79. The van der Waals surface area contributed by atoms with Crippen LogP contribution in [0.5, 0.6) is 0 Å². The van der Waals surface area contributed by atoms with Gasteiger partial charge in [0.2, 0.25) is 0 Å². The van der Waals surface area contributed by atoms with Crippen LogP contribution in [-0.4, -0.2) is 36.7 Å². The minimum Gasteiger partial charge on any atom is -0.480 e. The molecule has 0 aliphatic heterocycles. The van der Waals surface area contributed by atoms with Gasteiger partial charge in [0.1, 0.15) is 10.3 Å². The SMILES string of the molecule is C[C@@H](O)[C@@H](NS(=O)(=O)c1cccs1)C(=O)O. The highest BCUT2D eigenvalue weighted by Gasteiger charge is 2.29. The van der Waals surface area contributed by atoms with Gasteiger partial charge in [-0.05, 0) is 18.4 Å². The molecule has 1 aromatic heterocycles. The molecule has 6 nitrogen and oxygen atoms in total. The van der Waals surface area contributed by atoms with E-state index in [1.807, 2.05) is 4.72 Å². The van der Waals surface area contributed by atoms with Gasteiger partial charge >= 0.3 is 5.97 Å². The Morgan fingerprint density at radius 2 is 2.19 bits per heavy atom. The molecule has 0 spiro atoms. The second kappa shape index (κ2) is 4.91. The number of hydrogen-bond acceptors (Lipinski definition) is 5. The van der Waals surface area contributed by atoms with Crippen molar-refractivity contribution < 1.29 is 23.4 Å². The smallest absolute Gasteiger partial charge is 0.324 e. The summed E-state index contributed by atoms with van der Waals surface area (Å²) in [7, 11) is -3.88. The van der Waals surface area contributed by atoms with E-state index in [0.29, 0.717) is 0 Å². The van der Waals surface area contributed by atoms with Crippen LogP contribution in [0.2, 0.25) is 0 Å². The highest BCUT2D eigenvalue weighted by atomic mass is 32.2. The summed E-state index contributed by atoms with van der Waals surface area (Å²) in [4.78, 5) is 10.7. The highest BCUT2D eigenvalue weighted by molar-refractivity contribution is 7.91. The molecule has 90 valence electrons. The van der Waals surface area contributed by atoms with Crippen LogP contribution in [0.1, 0.15) is 6.92 Å². The molecule has 0 fully saturated rings. The van der Waals surface area contributed by atoms with Crippen molar-refractivity contribution in [2.75, 3.05) is 0 Å². The fourth-order valence-electron chi connectivity index (χ4n) is 0.997. The molecule has 0 unspecified atom stereocenters. The Kier molecular flexibility index (Phi) is 4.03. The average Bonchev–Trinajstić information content (AvgIpc) is 2.66. The van der Waals surface area contributed by atoms with Gasteiger partial charge in [-0.3, -0.25) is 4.79 Å². The number of aliphatic hydroxyl groups is 1. The molecule has 0 saturated heterocycles. The minimum absolute atomic E-state index is 0.0133. The van der Waals surface area contributed by atoms with Gasteiger partial charge in [0.25, 0.3) is 10.0 Å². The summed E-state index contributed by atoms with van der Waals surface area (Å²) in [6.45, 7) is 1.20. The molecule has 0 aliphatic rings. The predicted molar refractivity (Wildman–Crippen MR) is 57.7 cm³/mol. The number of hydrogen-bond donors (Lipinski definition) is 3. The molecular formula is C8H11NO5S2. The molecule has 0 amide bonds. The lowest BCUT2D eigenvalue weighted by Gasteiger charge is -2.16. The van der Waals surface area contributed by atoms with Crippen molar-refractivity contribution >= 4 is 27.3 Å². The standard InChI is InChI=1S/C8H11NO5S2/c1-5(10)7(8(11)12)9-16(13,14)6-3-2-4-15-6/h2-5,7,9-10H,1H3,(H,11,12)/t5-,7-/m1/s1. The van der Waals surface area contributed by atoms with Crippen molar-refractivity contribution in [3.63, 3.8) is 0 Å². The van der Waals surface area contributed by atoms with Crippen LogP contribution in [0.3, 0.4) is 0 Å². The third kappa shape index (κ3) is 3.01. The van der Waals surface area contributed by atoms with Gasteiger partial charge in [0, 0.05) is 0 Å². The maximum atomic E-state index is 11.6. The lowest BCUT2D eigenvalue weighted by Crippen LogP contribution is -2.47. The topological polar surface area (TPSA) is 104 Å². The van der Waals surface area contributed by atoms with Crippen LogP contribution in [0.25, 0.3) is 0 Å². The maximum absolute atomic E-state index is 11.6. The van der Waals surface area contributed by atoms with Gasteiger partial charge in [-0.1, -0.05) is 6.07 Å². The molecule has 2 atom stereocenters. The number of sulfonamides is 1. The zero-order valence-corrected chi connectivity index (χ0v) is 9.96. The lowest BCUT2D eigenvalue weighted by molar-refractivity contribution is -0.141. The van der Waals surface area contributed by atoms with Crippen LogP contribution in [-0.2, 0) is 14.8 Å². The summed E-state index contributed by atoms with van der Waals surface area (Å²) in [6, 6.07) is 1.35. The predicted octanol–water partition coefficient (Wildman–Crippen LogP) is -0.140. The van der Waals surface area contributed by atoms with Gasteiger partial charge < -0.3 is 10.2 Å². The number of carboxylic acids is 1. The fraction of sp³-hybridized carbons (Fsp3) is 0.375. The van der Waals surface area contributed by atoms with Crippen molar-refractivity contribution in [1.82, 2.24) is 4.72 Å². The van der Waals surface area contributed by atoms with Crippen LogP contribution < -0.4 is 4.72 Å². The van der Waals surface area contributed by atoms with E-state index >= 15 is 0 Å². The van der Waals surface area contributed by atoms with Crippen molar-refractivity contribution in [2.24, 2.45) is 0 Å². The largest absolute Gasteiger partial charge is 0.480 e. The van der Waals surface area contributed by atoms with E-state index in [-0.39, 0.29) is 4.21 Å². The second-order valence-corrected chi connectivity index (χ2v) is 6.00. The summed E-state index contributed by atoms with van der Waals surface area (Å²) in [5.41, 5.74) is 0. The molecular weight excluding hydrogens is 254 g/mol. The van der Waals surface area contributed by atoms with Crippen molar-refractivity contribution in [2.45, 2.75) is 23.3 Å². The molecule has 1 aromatic rings. The number of aliphatic carboxylic acids is 1. The van der Waals surface area contributed by atoms with E-state index in [1.165, 1.54) is 19.1 Å². The van der Waals surface area contributed by atoms with Gasteiger partial charge in [0.15, 0.2) is 0 Å². The van der Waals surface area contributed by atoms with E-state index in [4.69, 9.17) is 10.2 Å². The van der Waals surface area contributed by atoms with Crippen LogP contribution in [0.4, 0.5) is 0 Å². The van der Waals surface area contributed by atoms with Crippen molar-refractivity contribution in [1.29, 1.82) is 0 Å². The molecule has 1 rings (SSSR count). The molecule has 8 heteroatoms. The quantitative estimate of drug-likeness (QED) is 0.687. The number of thiophene rings is 1. The Bertz CT molecular complexity index is 451. The molecule has 1 heterocycles. The van der Waals surface area contributed by atoms with E-state index in [9.17, 15) is 13.2 Å². The van der Waals surface area contributed by atoms with Crippen molar-refractivity contribution in [3.05, 3.63) is 17.5 Å². The van der Waals surface area contributed by atoms with E-state index in [1.54, 1.807) is 5.38 Å². The van der Waals surface area contributed by atoms with Gasteiger partial charge in [-0.25, -0.2) is 8.42 Å². The van der Waals surface area contributed by atoms with E-state index in [0.717, 1.165) is 11.3 Å². The highest BCUT2D eigenvalue weighted by Crippen LogP contribution is 2.16. The number of nitrogens with one attached hydrogen (secondary N) is 1. The minimum atomic E-state index is -3.88. The average molecular weight is 265 g/mol. The van der Waals surface area contributed by atoms with E-state index in [2.05, 4.69) is 0 Å². The molecule has 0 aliphatic carbocycles. The number of carboxylic acid groups (broad SMARTS) is 1. The Labute approximate surface area is 96.6 Å². The van der Waals surface area contributed by atoms with Crippen molar-refractivity contribution in [3.8, 4) is 0 Å². The Hall–Kier alpha value is -0.960. The molecule has 0 radical (unpaired) electrons. The van der Waals surface area contributed by atoms with Crippen LogP contribution >= 0.6 is 11.3 Å². The Morgan fingerprint density at radius 1 is 1.56 bits per heavy atom. The lowest BCUT2D eigenvalue weighted by atomic mass is 10.2. The molecule has 0 aromatic carbocycles. The Morgan fingerprint density at radius 3 is 2.56 bits per heavy atom. The first-order chi connectivity index (χ1) is 7.34. The molecule has 3 N–H and O–H groups in total. The summed E-state index contributed by atoms with van der Waals surface area (Å²) in [5.74, 6) is -1.42. The Balaban J connectivity index is 2.92. The normalized spacial score (nSPS) is 15.6. The number of aliphatic hydroxyl groups excluding tert-OH is 1. The molecule has 16 heavy (non-hydrogen) atoms. The summed E-state index contributed by atoms with van der Waals surface area (Å²) < 4.78 is 25.2. The van der Waals surface area contributed by atoms with Gasteiger partial charge in [-0.15, -0.1) is 11.3 Å². The zero-order valence-electron chi connectivity index (χ0n) is 8.32. The summed E-state index contributed by atoms with van der Waals surface area (Å²) >= 11 is 0.970. The fourth-order valence-corrected chi connectivity index (χ4v) is 3.27. The van der Waals surface area contributed by atoms with Crippen LogP contribution in [0, 0.1) is 0 Å². The second-order valence-electron chi connectivity index (χ2n) is 3.11. The summed E-state index contributed by atoms with van der Waals surface area (Å²) in [6.07, 6.45) is -1.31. The number of rotatable bonds is 5. The monoisotopic (exact) mass is 265 g/mol. The first-order valence-electron chi connectivity index (χ1n) is 4.31. The summed E-state index contributed by atoms with van der Waals surface area (Å²) in [5, 5.41) is 19.4. The first-order valence-corrected chi connectivity index (χ1v) is 6.67.